The summed E-state index contributed by atoms with van der Waals surface area (Å²) in [6, 6.07) is 0. The van der Waals surface area contributed by atoms with E-state index in [4.69, 9.17) is 15.5 Å². The van der Waals surface area contributed by atoms with Crippen molar-refractivity contribution in [1.82, 2.24) is 0 Å². The Morgan fingerprint density at radius 1 is 1.04 bits per heavy atom. The Morgan fingerprint density at radius 2 is 1.50 bits per heavy atom. The molecule has 0 aliphatic rings. The van der Waals surface area contributed by atoms with E-state index in [1.165, 1.54) is 0 Å². The maximum absolute atomic E-state index is 10.4. The van der Waals surface area contributed by atoms with Gasteiger partial charge in [-0.05, 0) is 0 Å². The molecule has 0 saturated carbocycles. The fourth-order valence-electron chi connectivity index (χ4n) is 1.61. The zero-order chi connectivity index (χ0) is 20.4. The van der Waals surface area contributed by atoms with Crippen molar-refractivity contribution in [2.24, 2.45) is 0 Å². The summed E-state index contributed by atoms with van der Waals surface area (Å²) in [5, 5.41) is 56.3. The molecule has 2 atom stereocenters. The molecule has 0 aromatic heterocycles. The Kier molecular flexibility index (Phi) is 14.4. The standard InChI is InChI=1S/C7H15NO3.C6H8O8.Mg/c1-8(2,3)5-6(9)4-7(10)11;7-3(8)1-6(12,5(10)11)2-4(9)14-13;/h6,9H,4-5H2,1-3H3;12-13H,1-2H2,(H,7,8)(H,10,11);/q;;+2/p-2. The topological polar surface area (TPSA) is 207 Å². The fraction of sp³-hybridized carbons (Fsp3) is 0.692. The van der Waals surface area contributed by atoms with Gasteiger partial charge in [-0.1, -0.05) is 0 Å². The number of aliphatic carboxylic acids is 3. The van der Waals surface area contributed by atoms with E-state index in [0.717, 1.165) is 0 Å². The normalized spacial score (nSPS) is 13.8. The molecule has 0 rings (SSSR count). The van der Waals surface area contributed by atoms with Gasteiger partial charge in [0.15, 0.2) is 0 Å². The van der Waals surface area contributed by atoms with Gasteiger partial charge in [0.05, 0.1) is 33.5 Å². The number of aliphatic hydroxyl groups excluding tert-OH is 1. The van der Waals surface area contributed by atoms with Crippen LogP contribution in [0.25, 0.3) is 0 Å². The van der Waals surface area contributed by atoms with E-state index in [-0.39, 0.29) is 29.5 Å². The van der Waals surface area contributed by atoms with Gasteiger partial charge in [0.25, 0.3) is 0 Å². The minimum Gasteiger partial charge on any atom is -0.550 e. The summed E-state index contributed by atoms with van der Waals surface area (Å²) in [7, 11) is 5.66. The summed E-state index contributed by atoms with van der Waals surface area (Å²) in [5.41, 5.74) is -2.95. The van der Waals surface area contributed by atoms with Gasteiger partial charge in [0.1, 0.15) is 18.2 Å². The molecule has 2 unspecified atom stereocenters. The van der Waals surface area contributed by atoms with Gasteiger partial charge < -0.3 is 49.3 Å². The van der Waals surface area contributed by atoms with E-state index < -0.39 is 48.4 Å². The first-order valence-corrected chi connectivity index (χ1v) is 6.79. The number of carbonyl (C=O) groups is 4. The first-order chi connectivity index (χ1) is 11.1. The van der Waals surface area contributed by atoms with Gasteiger partial charge in [-0.15, -0.1) is 0 Å². The molecule has 26 heavy (non-hydrogen) atoms. The quantitative estimate of drug-likeness (QED) is 0.146. The average molecular weight is 392 g/mol. The van der Waals surface area contributed by atoms with Crippen LogP contribution in [0.15, 0.2) is 0 Å². The number of likely N-dealkylation sites (N-methyl/N-ethyl adjacent to an activating group) is 1. The number of carboxylic acids is 3. The molecule has 0 fully saturated rings. The van der Waals surface area contributed by atoms with E-state index >= 15 is 0 Å². The summed E-state index contributed by atoms with van der Waals surface area (Å²) < 4.78 is 0.550. The van der Waals surface area contributed by atoms with Gasteiger partial charge in [-0.25, -0.2) is 4.79 Å². The molecule has 0 radical (unpaired) electrons. The molecule has 13 heteroatoms. The molecule has 0 heterocycles. The Labute approximate surface area is 165 Å². The second kappa shape index (κ2) is 12.8. The molecule has 0 saturated heterocycles. The molecule has 0 aliphatic heterocycles. The van der Waals surface area contributed by atoms with E-state index in [1.807, 2.05) is 21.1 Å². The second-order valence-electron chi connectivity index (χ2n) is 6.21. The van der Waals surface area contributed by atoms with Crippen molar-refractivity contribution in [2.75, 3.05) is 27.7 Å². The molecule has 12 nitrogen and oxygen atoms in total. The third-order valence-corrected chi connectivity index (χ3v) is 2.52. The van der Waals surface area contributed by atoms with Crippen LogP contribution in [-0.2, 0) is 24.1 Å². The molecule has 0 bridgehead atoms. The number of hydrogen-bond donors (Lipinski definition) is 3. The first kappa shape index (κ1) is 29.3. The van der Waals surface area contributed by atoms with Crippen LogP contribution in [0.1, 0.15) is 19.3 Å². The molecule has 0 aromatic rings. The van der Waals surface area contributed by atoms with Crippen molar-refractivity contribution in [2.45, 2.75) is 31.0 Å². The average Bonchev–Trinajstić information content (AvgIpc) is 2.34. The molecule has 0 aliphatic carbocycles. The number of nitrogens with zero attached hydrogens (tertiary/aromatic N) is 1. The van der Waals surface area contributed by atoms with Crippen molar-refractivity contribution in [3.05, 3.63) is 0 Å². The molecule has 0 aromatic carbocycles. The van der Waals surface area contributed by atoms with Crippen LogP contribution in [-0.4, -0.2) is 106 Å². The first-order valence-electron chi connectivity index (χ1n) is 6.79. The summed E-state index contributed by atoms with van der Waals surface area (Å²) >= 11 is 0. The summed E-state index contributed by atoms with van der Waals surface area (Å²) in [5.74, 6) is -6.77. The number of carbonyl (C=O) groups excluding carboxylic acids is 4. The SMILES string of the molecule is C[N+](C)(C)CC(O)CC(=O)[O-].O=C([O-])CC(O)(CC(=O)OO)C(=O)[O-].[Mg+2]. The number of aliphatic hydroxyl groups is 2. The number of hydrogen-bond acceptors (Lipinski definition) is 11. The maximum Gasteiger partial charge on any atom is 2.00 e. The van der Waals surface area contributed by atoms with Crippen molar-refractivity contribution in [3.63, 3.8) is 0 Å². The molecular weight excluding hydrogens is 370 g/mol. The van der Waals surface area contributed by atoms with Crippen molar-refractivity contribution in [1.29, 1.82) is 0 Å². The van der Waals surface area contributed by atoms with E-state index in [2.05, 4.69) is 4.89 Å². The van der Waals surface area contributed by atoms with Gasteiger partial charge in [0, 0.05) is 24.8 Å². The van der Waals surface area contributed by atoms with Crippen LogP contribution in [0.2, 0.25) is 0 Å². The van der Waals surface area contributed by atoms with Crippen molar-refractivity contribution < 1.29 is 59.3 Å². The smallest absolute Gasteiger partial charge is 0.550 e. The fourth-order valence-corrected chi connectivity index (χ4v) is 1.61. The van der Waals surface area contributed by atoms with Crippen molar-refractivity contribution >= 4 is 46.9 Å². The summed E-state index contributed by atoms with van der Waals surface area (Å²) in [6.07, 6.45) is -3.68. The molecule has 0 amide bonds. The van der Waals surface area contributed by atoms with Crippen LogP contribution in [0.4, 0.5) is 0 Å². The van der Waals surface area contributed by atoms with Gasteiger partial charge in [-0.3, -0.25) is 0 Å². The monoisotopic (exact) mass is 391 g/mol. The Balaban J connectivity index is -0.000000402. The molecule has 146 valence electrons. The Morgan fingerprint density at radius 3 is 1.77 bits per heavy atom. The Hall–Kier alpha value is -1.51. The van der Waals surface area contributed by atoms with E-state index in [1.54, 1.807) is 0 Å². The van der Waals surface area contributed by atoms with Gasteiger partial charge >= 0.3 is 29.0 Å². The third-order valence-electron chi connectivity index (χ3n) is 2.52. The number of rotatable bonds is 9. The maximum atomic E-state index is 10.4. The second-order valence-corrected chi connectivity index (χ2v) is 6.21. The van der Waals surface area contributed by atoms with Crippen molar-refractivity contribution in [3.8, 4) is 0 Å². The van der Waals surface area contributed by atoms with Crippen LogP contribution in [0, 0.1) is 0 Å². The van der Waals surface area contributed by atoms with Gasteiger partial charge in [0.2, 0.25) is 0 Å². The summed E-state index contributed by atoms with van der Waals surface area (Å²) in [4.78, 5) is 43.7. The minimum atomic E-state index is -2.95. The Bertz CT molecular complexity index is 491. The predicted molar refractivity (Wildman–Crippen MR) is 77.2 cm³/mol. The van der Waals surface area contributed by atoms with Gasteiger partial charge in [-0.2, -0.15) is 5.26 Å². The van der Waals surface area contributed by atoms with Crippen LogP contribution in [0.3, 0.4) is 0 Å². The minimum absolute atomic E-state index is 0. The number of carboxylic acid groups (broad SMARTS) is 3. The molecule has 3 N–H and O–H groups in total. The van der Waals surface area contributed by atoms with E-state index in [9.17, 15) is 34.5 Å². The predicted octanol–water partition coefficient (Wildman–Crippen LogP) is -6.17. The summed E-state index contributed by atoms with van der Waals surface area (Å²) in [6.45, 7) is 0.425. The van der Waals surface area contributed by atoms with Crippen LogP contribution >= 0.6 is 0 Å². The largest absolute Gasteiger partial charge is 2.00 e. The van der Waals surface area contributed by atoms with E-state index in [0.29, 0.717) is 11.0 Å². The number of quaternary nitrogens is 1. The third kappa shape index (κ3) is 16.0. The van der Waals surface area contributed by atoms with Crippen LogP contribution in [0.5, 0.6) is 0 Å². The molecular formula is C13H21MgNO11. The zero-order valence-corrected chi connectivity index (χ0v) is 16.1. The zero-order valence-electron chi connectivity index (χ0n) is 14.7. The molecule has 0 spiro atoms. The van der Waals surface area contributed by atoms with Crippen LogP contribution < -0.4 is 15.3 Å².